The van der Waals surface area contributed by atoms with Crippen LogP contribution in [0.15, 0.2) is 30.3 Å². The Morgan fingerprint density at radius 3 is 2.76 bits per heavy atom. The predicted octanol–water partition coefficient (Wildman–Crippen LogP) is 2.58. The first-order valence-corrected chi connectivity index (χ1v) is 6.03. The van der Waals surface area contributed by atoms with Crippen molar-refractivity contribution in [2.24, 2.45) is 0 Å². The molecule has 0 spiro atoms. The highest BCUT2D eigenvalue weighted by Crippen LogP contribution is 2.35. The molecule has 6 nitrogen and oxygen atoms in total. The summed E-state index contributed by atoms with van der Waals surface area (Å²) in [6, 6.07) is 7.11. The molecule has 0 saturated heterocycles. The van der Waals surface area contributed by atoms with Crippen LogP contribution in [0, 0.1) is 5.82 Å². The molecule has 0 atom stereocenters. The summed E-state index contributed by atoms with van der Waals surface area (Å²) >= 11 is 0. The number of nitrogen functional groups attached to an aromatic ring is 1. The average Bonchev–Trinajstić information content (AvgIpc) is 2.88. The number of carboxylic acid groups (broad SMARTS) is 1. The van der Waals surface area contributed by atoms with E-state index in [1.165, 1.54) is 0 Å². The van der Waals surface area contributed by atoms with Gasteiger partial charge in [0, 0.05) is 17.4 Å². The lowest BCUT2D eigenvalue weighted by molar-refractivity contribution is 0.0698. The lowest BCUT2D eigenvalue weighted by Crippen LogP contribution is -2.05. The minimum absolute atomic E-state index is 0.0143. The summed E-state index contributed by atoms with van der Waals surface area (Å²) in [5, 5.41) is 11.8. The van der Waals surface area contributed by atoms with Crippen LogP contribution in [0.1, 0.15) is 10.4 Å². The molecule has 0 saturated carbocycles. The van der Waals surface area contributed by atoms with E-state index in [4.69, 9.17) is 20.3 Å². The monoisotopic (exact) mass is 290 g/mol. The number of ether oxygens (including phenoxy) is 2. The Morgan fingerprint density at radius 1 is 1.24 bits per heavy atom. The molecule has 0 fully saturated rings. The number of nitrogens with two attached hydrogens (primary N) is 1. The molecule has 108 valence electrons. The molecular formula is C14H11FN2O4. The highest BCUT2D eigenvalue weighted by molar-refractivity contribution is 5.95. The number of rotatable bonds is 3. The number of benzene rings is 2. The van der Waals surface area contributed by atoms with Crippen molar-refractivity contribution < 1.29 is 23.8 Å². The zero-order chi connectivity index (χ0) is 15.0. The smallest absolute Gasteiger partial charge is 0.337 e. The molecule has 1 heterocycles. The second-order valence-corrected chi connectivity index (χ2v) is 4.42. The van der Waals surface area contributed by atoms with Gasteiger partial charge in [0.05, 0.1) is 11.3 Å². The second kappa shape index (κ2) is 4.86. The maximum absolute atomic E-state index is 13.9. The largest absolute Gasteiger partial charge is 0.478 e. The maximum atomic E-state index is 13.9. The van der Waals surface area contributed by atoms with Gasteiger partial charge >= 0.3 is 5.97 Å². The predicted molar refractivity (Wildman–Crippen MR) is 73.6 cm³/mol. The number of aromatic carboxylic acids is 1. The summed E-state index contributed by atoms with van der Waals surface area (Å²) < 4.78 is 24.3. The zero-order valence-electron chi connectivity index (χ0n) is 10.7. The summed E-state index contributed by atoms with van der Waals surface area (Å²) in [6.45, 7) is 0.137. The maximum Gasteiger partial charge on any atom is 0.337 e. The van der Waals surface area contributed by atoms with Crippen molar-refractivity contribution in [2.45, 2.75) is 0 Å². The molecule has 7 heteroatoms. The molecule has 2 aromatic rings. The first-order valence-electron chi connectivity index (χ1n) is 6.03. The van der Waals surface area contributed by atoms with Crippen LogP contribution < -0.4 is 20.5 Å². The third kappa shape index (κ3) is 2.40. The minimum atomic E-state index is -1.22. The molecule has 0 aromatic heterocycles. The summed E-state index contributed by atoms with van der Waals surface area (Å²) in [5.74, 6) is -0.727. The number of fused-ring (bicyclic) bond motifs is 1. The molecular weight excluding hydrogens is 279 g/mol. The van der Waals surface area contributed by atoms with Crippen molar-refractivity contribution in [3.63, 3.8) is 0 Å². The van der Waals surface area contributed by atoms with Gasteiger partial charge in [-0.25, -0.2) is 9.18 Å². The normalized spacial score (nSPS) is 12.2. The van der Waals surface area contributed by atoms with Crippen molar-refractivity contribution in [1.82, 2.24) is 0 Å². The molecule has 21 heavy (non-hydrogen) atoms. The second-order valence-electron chi connectivity index (χ2n) is 4.42. The van der Waals surface area contributed by atoms with Crippen molar-refractivity contribution in [2.75, 3.05) is 17.8 Å². The third-order valence-corrected chi connectivity index (χ3v) is 3.02. The fraction of sp³-hybridized carbons (Fsp3) is 0.0714. The van der Waals surface area contributed by atoms with E-state index in [2.05, 4.69) is 5.32 Å². The molecule has 0 aliphatic carbocycles. The Bertz CT molecular complexity index is 733. The van der Waals surface area contributed by atoms with Crippen molar-refractivity contribution in [3.05, 3.63) is 41.7 Å². The SMILES string of the molecule is Nc1cc(F)c(Nc2ccc3c(c2)OCO3)cc1C(=O)O. The van der Waals surface area contributed by atoms with Gasteiger partial charge in [-0.3, -0.25) is 0 Å². The number of anilines is 3. The van der Waals surface area contributed by atoms with E-state index in [0.29, 0.717) is 17.2 Å². The molecule has 0 unspecified atom stereocenters. The molecule has 3 rings (SSSR count). The van der Waals surface area contributed by atoms with Gasteiger partial charge in [-0.1, -0.05) is 0 Å². The van der Waals surface area contributed by atoms with Crippen LogP contribution in [0.3, 0.4) is 0 Å². The van der Waals surface area contributed by atoms with E-state index in [1.54, 1.807) is 18.2 Å². The molecule has 1 aliphatic rings. The van der Waals surface area contributed by atoms with Crippen molar-refractivity contribution in [1.29, 1.82) is 0 Å². The van der Waals surface area contributed by atoms with Crippen LogP contribution in [0.5, 0.6) is 11.5 Å². The van der Waals surface area contributed by atoms with E-state index in [-0.39, 0.29) is 23.7 Å². The quantitative estimate of drug-likeness (QED) is 0.752. The van der Waals surface area contributed by atoms with Gasteiger partial charge in [0.15, 0.2) is 11.5 Å². The average molecular weight is 290 g/mol. The van der Waals surface area contributed by atoms with E-state index in [1.807, 2.05) is 0 Å². The van der Waals surface area contributed by atoms with Crippen LogP contribution in [-0.2, 0) is 0 Å². The van der Waals surface area contributed by atoms with Gasteiger partial charge in [-0.15, -0.1) is 0 Å². The Hall–Kier alpha value is -2.96. The highest BCUT2D eigenvalue weighted by Gasteiger charge is 2.16. The van der Waals surface area contributed by atoms with E-state index in [0.717, 1.165) is 12.1 Å². The molecule has 0 radical (unpaired) electrons. The molecule has 2 aromatic carbocycles. The lowest BCUT2D eigenvalue weighted by atomic mass is 10.1. The Kier molecular flexibility index (Phi) is 3.02. The first kappa shape index (κ1) is 13.0. The van der Waals surface area contributed by atoms with Gasteiger partial charge in [0.25, 0.3) is 0 Å². The standard InChI is InChI=1S/C14H11FN2O4/c15-9-5-10(16)8(14(18)19)4-11(9)17-7-1-2-12-13(3-7)21-6-20-12/h1-5,17H,6,16H2,(H,18,19). The molecule has 0 bridgehead atoms. The fourth-order valence-corrected chi connectivity index (χ4v) is 2.00. The Balaban J connectivity index is 1.94. The van der Waals surface area contributed by atoms with Crippen LogP contribution >= 0.6 is 0 Å². The van der Waals surface area contributed by atoms with Gasteiger partial charge in [-0.05, 0) is 24.3 Å². The number of hydrogen-bond acceptors (Lipinski definition) is 5. The number of carboxylic acids is 1. The number of hydrogen-bond donors (Lipinski definition) is 3. The zero-order valence-corrected chi connectivity index (χ0v) is 10.7. The minimum Gasteiger partial charge on any atom is -0.478 e. The van der Waals surface area contributed by atoms with Gasteiger partial charge in [0.2, 0.25) is 6.79 Å². The van der Waals surface area contributed by atoms with Crippen molar-refractivity contribution in [3.8, 4) is 11.5 Å². The van der Waals surface area contributed by atoms with Crippen molar-refractivity contribution >= 4 is 23.0 Å². The van der Waals surface area contributed by atoms with Crippen LogP contribution in [0.25, 0.3) is 0 Å². The first-order chi connectivity index (χ1) is 10.0. The fourth-order valence-electron chi connectivity index (χ4n) is 2.00. The summed E-state index contributed by atoms with van der Waals surface area (Å²) in [6.07, 6.45) is 0. The van der Waals surface area contributed by atoms with E-state index >= 15 is 0 Å². The van der Waals surface area contributed by atoms with Gasteiger partial charge < -0.3 is 25.6 Å². The molecule has 1 aliphatic heterocycles. The molecule has 0 amide bonds. The third-order valence-electron chi connectivity index (χ3n) is 3.02. The van der Waals surface area contributed by atoms with Crippen LogP contribution in [0.4, 0.5) is 21.5 Å². The van der Waals surface area contributed by atoms with Crippen LogP contribution in [-0.4, -0.2) is 17.9 Å². The molecule has 4 N–H and O–H groups in total. The topological polar surface area (TPSA) is 93.8 Å². The van der Waals surface area contributed by atoms with Gasteiger partial charge in [-0.2, -0.15) is 0 Å². The lowest BCUT2D eigenvalue weighted by Gasteiger charge is -2.10. The van der Waals surface area contributed by atoms with E-state index < -0.39 is 11.8 Å². The number of halogens is 1. The Morgan fingerprint density at radius 2 is 2.00 bits per heavy atom. The van der Waals surface area contributed by atoms with E-state index in [9.17, 15) is 9.18 Å². The highest BCUT2D eigenvalue weighted by atomic mass is 19.1. The Labute approximate surface area is 118 Å². The van der Waals surface area contributed by atoms with Crippen LogP contribution in [0.2, 0.25) is 0 Å². The number of carbonyl (C=O) groups is 1. The summed E-state index contributed by atoms with van der Waals surface area (Å²) in [5.41, 5.74) is 5.73. The number of nitrogens with one attached hydrogen (secondary N) is 1. The summed E-state index contributed by atoms with van der Waals surface area (Å²) in [4.78, 5) is 11.0. The summed E-state index contributed by atoms with van der Waals surface area (Å²) in [7, 11) is 0. The van der Waals surface area contributed by atoms with Gasteiger partial charge in [0.1, 0.15) is 5.82 Å².